The van der Waals surface area contributed by atoms with Crippen molar-refractivity contribution in [2.24, 2.45) is 0 Å². The van der Waals surface area contributed by atoms with Gasteiger partial charge in [-0.2, -0.15) is 0 Å². The molecule has 1 rings (SSSR count). The van der Waals surface area contributed by atoms with Gasteiger partial charge in [-0.3, -0.25) is 0 Å². The zero-order chi connectivity index (χ0) is 12.1. The summed E-state index contributed by atoms with van der Waals surface area (Å²) in [5.41, 5.74) is 0.516. The Labute approximate surface area is 90.9 Å². The normalized spacial score (nSPS) is 10.4. The molecule has 86 valence electrons. The number of sulfone groups is 1. The number of hydrogen-bond acceptors (Lipinski definition) is 4. The molecule has 0 saturated carbocycles. The van der Waals surface area contributed by atoms with Crippen LogP contribution >= 0.6 is 0 Å². The van der Waals surface area contributed by atoms with E-state index < -0.39 is 9.84 Å². The molecule has 0 aliphatic rings. The number of rotatable bonds is 2. The van der Waals surface area contributed by atoms with Crippen LogP contribution in [0.2, 0.25) is 0 Å². The highest BCUT2D eigenvalue weighted by molar-refractivity contribution is 7.91. The smallest absolute Gasteiger partial charge is 0.195 e. The Morgan fingerprint density at radius 1 is 1.40 bits per heavy atom. The van der Waals surface area contributed by atoms with Gasteiger partial charge in [-0.15, -0.1) is 0 Å². The van der Waals surface area contributed by atoms with Crippen LogP contribution in [0.3, 0.4) is 0 Å². The summed E-state index contributed by atoms with van der Waals surface area (Å²) in [6, 6.07) is 1.37. The predicted molar refractivity (Wildman–Crippen MR) is 59.7 cm³/mol. The maximum atomic E-state index is 11.3. The second kappa shape index (κ2) is 5.70. The lowest BCUT2D eigenvalue weighted by Crippen LogP contribution is -2.06. The minimum absolute atomic E-state index is 0.00931. The van der Waals surface area contributed by atoms with Gasteiger partial charge in [0.1, 0.15) is 5.75 Å². The van der Waals surface area contributed by atoms with E-state index in [-0.39, 0.29) is 16.5 Å². The molecule has 0 bridgehead atoms. The number of aromatic nitrogens is 1. The molecule has 0 fully saturated rings. The van der Waals surface area contributed by atoms with Crippen molar-refractivity contribution in [3.63, 3.8) is 0 Å². The van der Waals surface area contributed by atoms with Gasteiger partial charge < -0.3 is 5.11 Å². The van der Waals surface area contributed by atoms with Crippen LogP contribution in [0.1, 0.15) is 26.3 Å². The van der Waals surface area contributed by atoms with Gasteiger partial charge in [-0.1, -0.05) is 20.8 Å². The van der Waals surface area contributed by atoms with Gasteiger partial charge in [-0.25, -0.2) is 13.4 Å². The largest absolute Gasteiger partial charge is 0.506 e. The highest BCUT2D eigenvalue weighted by Crippen LogP contribution is 2.17. The Morgan fingerprint density at radius 2 is 1.93 bits per heavy atom. The molecule has 5 heteroatoms. The first-order chi connectivity index (χ1) is 6.97. The van der Waals surface area contributed by atoms with Crippen LogP contribution < -0.4 is 0 Å². The highest BCUT2D eigenvalue weighted by Gasteiger charge is 2.13. The van der Waals surface area contributed by atoms with Crippen LogP contribution in [0, 0.1) is 6.92 Å². The number of aromatic hydroxyl groups is 1. The van der Waals surface area contributed by atoms with Crippen molar-refractivity contribution in [3.8, 4) is 5.75 Å². The van der Waals surface area contributed by atoms with Gasteiger partial charge in [0.15, 0.2) is 14.9 Å². The summed E-state index contributed by atoms with van der Waals surface area (Å²) >= 11 is 0. The summed E-state index contributed by atoms with van der Waals surface area (Å²) < 4.78 is 22.6. The number of pyridine rings is 1. The molecule has 0 spiro atoms. The molecule has 0 aliphatic carbocycles. The van der Waals surface area contributed by atoms with Crippen molar-refractivity contribution >= 4 is 9.84 Å². The van der Waals surface area contributed by atoms with Crippen molar-refractivity contribution in [2.75, 3.05) is 5.75 Å². The molecule has 0 aromatic carbocycles. The molecule has 4 nitrogen and oxygen atoms in total. The van der Waals surface area contributed by atoms with E-state index in [9.17, 15) is 8.42 Å². The van der Waals surface area contributed by atoms with Crippen LogP contribution in [0.15, 0.2) is 17.3 Å². The van der Waals surface area contributed by atoms with E-state index in [1.54, 1.807) is 13.8 Å². The molecule has 0 amide bonds. The number of nitrogens with zero attached hydrogens (tertiary/aromatic N) is 1. The van der Waals surface area contributed by atoms with E-state index in [2.05, 4.69) is 4.98 Å². The van der Waals surface area contributed by atoms with Crippen LogP contribution in [0.4, 0.5) is 0 Å². The Kier molecular flexibility index (Phi) is 5.28. The zero-order valence-electron chi connectivity index (χ0n) is 9.48. The van der Waals surface area contributed by atoms with Crippen LogP contribution in [-0.4, -0.2) is 24.3 Å². The van der Waals surface area contributed by atoms with Gasteiger partial charge in [0.25, 0.3) is 0 Å². The third kappa shape index (κ3) is 3.51. The second-order valence-electron chi connectivity index (χ2n) is 2.71. The third-order valence-corrected chi connectivity index (χ3v) is 3.38. The van der Waals surface area contributed by atoms with Crippen molar-refractivity contribution < 1.29 is 13.5 Å². The Balaban J connectivity index is 0.000000921. The summed E-state index contributed by atoms with van der Waals surface area (Å²) in [6.07, 6.45) is 1.15. The first kappa shape index (κ1) is 13.9. The lowest BCUT2D eigenvalue weighted by atomic mass is 10.3. The minimum Gasteiger partial charge on any atom is -0.506 e. The monoisotopic (exact) mass is 231 g/mol. The highest BCUT2D eigenvalue weighted by atomic mass is 32.2. The fraction of sp³-hybridized carbons (Fsp3) is 0.500. The lowest BCUT2D eigenvalue weighted by molar-refractivity contribution is 0.467. The van der Waals surface area contributed by atoms with Crippen molar-refractivity contribution in [1.29, 1.82) is 0 Å². The third-order valence-electron chi connectivity index (χ3n) is 1.76. The maximum absolute atomic E-state index is 11.3. The fourth-order valence-electron chi connectivity index (χ4n) is 0.841. The molecule has 15 heavy (non-hydrogen) atoms. The van der Waals surface area contributed by atoms with Gasteiger partial charge in [-0.05, 0) is 18.6 Å². The van der Waals surface area contributed by atoms with Crippen LogP contribution in [0.25, 0.3) is 0 Å². The minimum atomic E-state index is -3.26. The molecule has 1 N–H and O–H groups in total. The lowest BCUT2D eigenvalue weighted by Gasteiger charge is -2.02. The molecule has 0 unspecified atom stereocenters. The summed E-state index contributed by atoms with van der Waals surface area (Å²) in [5, 5.41) is 9.14. The summed E-state index contributed by atoms with van der Waals surface area (Å²) in [4.78, 5) is 3.64. The SMILES string of the molecule is CC.CCS(=O)(=O)c1cc(C)c(O)cn1. The van der Waals surface area contributed by atoms with Crippen molar-refractivity contribution in [1.82, 2.24) is 4.98 Å². The Hall–Kier alpha value is -1.10. The zero-order valence-corrected chi connectivity index (χ0v) is 10.3. The summed E-state index contributed by atoms with van der Waals surface area (Å²) in [5.74, 6) is 0.0274. The van der Waals surface area contributed by atoms with Gasteiger partial charge in [0.2, 0.25) is 0 Å². The van der Waals surface area contributed by atoms with Gasteiger partial charge in [0.05, 0.1) is 11.9 Å². The molecule has 0 atom stereocenters. The first-order valence-electron chi connectivity index (χ1n) is 4.85. The summed E-state index contributed by atoms with van der Waals surface area (Å²) in [7, 11) is -3.26. The average Bonchev–Trinajstić information content (AvgIpc) is 2.25. The molecular weight excluding hydrogens is 214 g/mol. The first-order valence-corrected chi connectivity index (χ1v) is 6.51. The van der Waals surface area contributed by atoms with Gasteiger partial charge in [0, 0.05) is 0 Å². The average molecular weight is 231 g/mol. The summed E-state index contributed by atoms with van der Waals surface area (Å²) in [6.45, 7) is 7.19. The van der Waals surface area contributed by atoms with Crippen molar-refractivity contribution in [2.45, 2.75) is 32.7 Å². The number of hydrogen-bond donors (Lipinski definition) is 1. The van der Waals surface area contributed by atoms with E-state index in [1.807, 2.05) is 13.8 Å². The molecule has 0 aliphatic heterocycles. The topological polar surface area (TPSA) is 67.3 Å². The van der Waals surface area contributed by atoms with E-state index in [4.69, 9.17) is 5.11 Å². The molecule has 1 heterocycles. The van der Waals surface area contributed by atoms with E-state index in [1.165, 1.54) is 6.07 Å². The number of aryl methyl sites for hydroxylation is 1. The predicted octanol–water partition coefficient (Wildman–Crippen LogP) is 1.92. The van der Waals surface area contributed by atoms with E-state index >= 15 is 0 Å². The Morgan fingerprint density at radius 3 is 2.33 bits per heavy atom. The fourth-order valence-corrected chi connectivity index (χ4v) is 1.71. The van der Waals surface area contributed by atoms with Crippen LogP contribution in [0.5, 0.6) is 5.75 Å². The van der Waals surface area contributed by atoms with Gasteiger partial charge >= 0.3 is 0 Å². The maximum Gasteiger partial charge on any atom is 0.195 e. The second-order valence-corrected chi connectivity index (χ2v) is 4.94. The van der Waals surface area contributed by atoms with E-state index in [0.717, 1.165) is 6.20 Å². The van der Waals surface area contributed by atoms with Crippen molar-refractivity contribution in [3.05, 3.63) is 17.8 Å². The Bertz CT molecular complexity index is 413. The van der Waals surface area contributed by atoms with Crippen LogP contribution in [-0.2, 0) is 9.84 Å². The standard InChI is InChI=1S/C8H11NO3S.C2H6/c1-3-13(11,12)8-4-6(2)7(10)5-9-8;1-2/h4-5,10H,3H2,1-2H3;1-2H3. The molecule has 1 aromatic rings. The van der Waals surface area contributed by atoms with E-state index in [0.29, 0.717) is 5.56 Å². The molecule has 0 radical (unpaired) electrons. The molecular formula is C10H17NO3S. The molecule has 1 aromatic heterocycles. The molecule has 0 saturated heterocycles. The quantitative estimate of drug-likeness (QED) is 0.844.